The molecular weight excluding hydrogens is 423 g/mol. The molecule has 6 nitrogen and oxygen atoms in total. The van der Waals surface area contributed by atoms with Crippen molar-refractivity contribution in [2.45, 2.75) is 35.8 Å². The fourth-order valence-electron chi connectivity index (χ4n) is 1.87. The molecule has 2 aromatic carbocycles. The van der Waals surface area contributed by atoms with Gasteiger partial charge in [-0.05, 0) is 62.4 Å². The molecule has 26 heavy (non-hydrogen) atoms. The van der Waals surface area contributed by atoms with Gasteiger partial charge in [0.25, 0.3) is 20.2 Å². The second-order valence-corrected chi connectivity index (χ2v) is 9.44. The van der Waals surface area contributed by atoms with E-state index in [1.54, 1.807) is 0 Å². The Morgan fingerprint density at radius 1 is 0.654 bits per heavy atom. The minimum absolute atomic E-state index is 0.0958. The van der Waals surface area contributed by atoms with Crippen LogP contribution in [-0.2, 0) is 28.6 Å². The summed E-state index contributed by atoms with van der Waals surface area (Å²) in [7, 11) is -8.20. The summed E-state index contributed by atoms with van der Waals surface area (Å²) < 4.78 is 59.1. The first kappa shape index (κ1) is 21.1. The van der Waals surface area contributed by atoms with E-state index in [-0.39, 0.29) is 9.79 Å². The Morgan fingerprint density at radius 2 is 0.923 bits per heavy atom. The number of hydrogen-bond acceptors (Lipinski definition) is 6. The summed E-state index contributed by atoms with van der Waals surface area (Å²) in [4.78, 5) is -0.192. The summed E-state index contributed by atoms with van der Waals surface area (Å²) in [5.74, 6) is 0. The van der Waals surface area contributed by atoms with E-state index >= 15 is 0 Å². The van der Waals surface area contributed by atoms with Crippen LogP contribution in [0.5, 0.6) is 0 Å². The van der Waals surface area contributed by atoms with Crippen molar-refractivity contribution in [1.82, 2.24) is 0 Å². The van der Waals surface area contributed by atoms with Crippen molar-refractivity contribution in [2.75, 3.05) is 0 Å². The van der Waals surface area contributed by atoms with Crippen molar-refractivity contribution in [3.05, 3.63) is 58.6 Å². The minimum atomic E-state index is -4.10. The molecule has 2 atom stereocenters. The molecule has 2 unspecified atom stereocenters. The lowest BCUT2D eigenvalue weighted by Gasteiger charge is -2.20. The average molecular weight is 439 g/mol. The topological polar surface area (TPSA) is 86.7 Å². The summed E-state index contributed by atoms with van der Waals surface area (Å²) in [6.07, 6.45) is -2.12. The molecule has 0 aliphatic heterocycles. The summed E-state index contributed by atoms with van der Waals surface area (Å²) in [5.41, 5.74) is 0. The molecule has 0 spiro atoms. The SMILES string of the molecule is CC(OS(=O)(=O)c1ccc(Cl)cc1)C(C)OS(=O)(=O)c1ccc(Cl)cc1. The van der Waals surface area contributed by atoms with E-state index in [2.05, 4.69) is 0 Å². The molecule has 0 bridgehead atoms. The van der Waals surface area contributed by atoms with E-state index in [9.17, 15) is 16.8 Å². The van der Waals surface area contributed by atoms with Gasteiger partial charge in [-0.3, -0.25) is 8.37 Å². The molecule has 0 heterocycles. The third-order valence-electron chi connectivity index (χ3n) is 3.42. The third kappa shape index (κ3) is 5.42. The van der Waals surface area contributed by atoms with Crippen molar-refractivity contribution in [3.8, 4) is 0 Å². The van der Waals surface area contributed by atoms with E-state index in [1.807, 2.05) is 0 Å². The molecule has 0 saturated carbocycles. The summed E-state index contributed by atoms with van der Waals surface area (Å²) in [6, 6.07) is 10.8. The standard InChI is InChI=1S/C16H16Cl2O6S2/c1-11(23-25(19,20)15-7-3-13(17)4-8-15)12(2)24-26(21,22)16-9-5-14(18)6-10-16/h3-12H,1-2H3. The highest BCUT2D eigenvalue weighted by molar-refractivity contribution is 7.87. The van der Waals surface area contributed by atoms with Crippen LogP contribution in [0.1, 0.15) is 13.8 Å². The molecule has 0 aromatic heterocycles. The molecular formula is C16H16Cl2O6S2. The van der Waals surface area contributed by atoms with E-state index < -0.39 is 32.4 Å². The molecule has 0 saturated heterocycles. The zero-order valence-electron chi connectivity index (χ0n) is 13.8. The molecule has 142 valence electrons. The Bertz CT molecular complexity index is 873. The number of benzene rings is 2. The Morgan fingerprint density at radius 3 is 1.19 bits per heavy atom. The highest BCUT2D eigenvalue weighted by Gasteiger charge is 2.28. The molecule has 0 amide bonds. The van der Waals surface area contributed by atoms with Crippen molar-refractivity contribution >= 4 is 43.4 Å². The maximum atomic E-state index is 12.2. The van der Waals surface area contributed by atoms with Crippen LogP contribution in [0.2, 0.25) is 10.0 Å². The van der Waals surface area contributed by atoms with Crippen LogP contribution in [0.15, 0.2) is 58.3 Å². The van der Waals surface area contributed by atoms with Gasteiger partial charge >= 0.3 is 0 Å². The minimum Gasteiger partial charge on any atom is -0.261 e. The molecule has 0 aliphatic rings. The molecule has 0 radical (unpaired) electrons. The summed E-state index contributed by atoms with van der Waals surface area (Å²) in [5, 5.41) is 0.755. The first-order valence-corrected chi connectivity index (χ1v) is 11.0. The van der Waals surface area contributed by atoms with E-state index in [1.165, 1.54) is 62.4 Å². The highest BCUT2D eigenvalue weighted by atomic mass is 35.5. The van der Waals surface area contributed by atoms with E-state index in [0.29, 0.717) is 10.0 Å². The number of halogens is 2. The van der Waals surface area contributed by atoms with Crippen molar-refractivity contribution < 1.29 is 25.2 Å². The average Bonchev–Trinajstić information content (AvgIpc) is 2.54. The van der Waals surface area contributed by atoms with Gasteiger partial charge in [-0.2, -0.15) is 16.8 Å². The van der Waals surface area contributed by atoms with Crippen molar-refractivity contribution in [2.24, 2.45) is 0 Å². The Balaban J connectivity index is 2.10. The largest absolute Gasteiger partial charge is 0.297 e. The monoisotopic (exact) mass is 438 g/mol. The molecule has 10 heteroatoms. The zero-order valence-corrected chi connectivity index (χ0v) is 16.9. The Hall–Kier alpha value is -1.16. The van der Waals surface area contributed by atoms with Crippen molar-refractivity contribution in [1.29, 1.82) is 0 Å². The quantitative estimate of drug-likeness (QED) is 0.609. The predicted octanol–water partition coefficient (Wildman–Crippen LogP) is 3.88. The summed E-state index contributed by atoms with van der Waals surface area (Å²) in [6.45, 7) is 2.80. The number of rotatable bonds is 7. The van der Waals surface area contributed by atoms with Gasteiger partial charge in [0.15, 0.2) is 0 Å². The van der Waals surface area contributed by atoms with Crippen LogP contribution < -0.4 is 0 Å². The second kappa shape index (κ2) is 8.24. The lowest BCUT2D eigenvalue weighted by molar-refractivity contribution is 0.0871. The fraction of sp³-hybridized carbons (Fsp3) is 0.250. The Labute approximate surface area is 162 Å². The van der Waals surface area contributed by atoms with Crippen LogP contribution in [0.4, 0.5) is 0 Å². The van der Waals surface area contributed by atoms with Crippen LogP contribution in [-0.4, -0.2) is 29.0 Å². The zero-order chi connectivity index (χ0) is 19.5. The van der Waals surface area contributed by atoms with E-state index in [0.717, 1.165) is 0 Å². The Kier molecular flexibility index (Phi) is 6.70. The maximum absolute atomic E-state index is 12.2. The second-order valence-electron chi connectivity index (χ2n) is 5.42. The molecule has 2 aromatic rings. The van der Waals surface area contributed by atoms with Gasteiger partial charge in [0.1, 0.15) is 12.2 Å². The lowest BCUT2D eigenvalue weighted by atomic mass is 10.3. The first-order chi connectivity index (χ1) is 12.0. The molecule has 2 rings (SSSR count). The number of hydrogen-bond donors (Lipinski definition) is 0. The van der Waals surface area contributed by atoms with Crippen LogP contribution >= 0.6 is 23.2 Å². The molecule has 0 aliphatic carbocycles. The van der Waals surface area contributed by atoms with Gasteiger partial charge in [-0.25, -0.2) is 0 Å². The van der Waals surface area contributed by atoms with Crippen LogP contribution in [0, 0.1) is 0 Å². The fourth-order valence-corrected chi connectivity index (χ4v) is 4.39. The van der Waals surface area contributed by atoms with Crippen LogP contribution in [0.3, 0.4) is 0 Å². The van der Waals surface area contributed by atoms with Gasteiger partial charge in [-0.15, -0.1) is 0 Å². The normalized spacial score (nSPS) is 14.8. The lowest BCUT2D eigenvalue weighted by Crippen LogP contribution is -2.30. The first-order valence-electron chi connectivity index (χ1n) is 7.39. The smallest absolute Gasteiger partial charge is 0.261 e. The van der Waals surface area contributed by atoms with Gasteiger partial charge in [0.2, 0.25) is 0 Å². The van der Waals surface area contributed by atoms with Gasteiger partial charge in [0, 0.05) is 10.0 Å². The van der Waals surface area contributed by atoms with Gasteiger partial charge in [0.05, 0.1) is 9.79 Å². The predicted molar refractivity (Wildman–Crippen MR) is 98.4 cm³/mol. The maximum Gasteiger partial charge on any atom is 0.297 e. The molecule has 0 fully saturated rings. The highest BCUT2D eigenvalue weighted by Crippen LogP contribution is 2.22. The van der Waals surface area contributed by atoms with Gasteiger partial charge < -0.3 is 0 Å². The van der Waals surface area contributed by atoms with E-state index in [4.69, 9.17) is 31.6 Å². The van der Waals surface area contributed by atoms with Gasteiger partial charge in [-0.1, -0.05) is 23.2 Å². The molecule has 0 N–H and O–H groups in total. The van der Waals surface area contributed by atoms with Crippen LogP contribution in [0.25, 0.3) is 0 Å². The van der Waals surface area contributed by atoms with Crippen molar-refractivity contribution in [3.63, 3.8) is 0 Å². The third-order valence-corrected chi connectivity index (χ3v) is 6.74. The summed E-state index contributed by atoms with van der Waals surface area (Å²) >= 11 is 11.5.